The van der Waals surface area contributed by atoms with E-state index in [4.69, 9.17) is 9.47 Å². The number of halogens is 1. The summed E-state index contributed by atoms with van der Waals surface area (Å²) in [6.07, 6.45) is 0.547. The summed E-state index contributed by atoms with van der Waals surface area (Å²) in [5.74, 6) is -0.483. The van der Waals surface area contributed by atoms with Gasteiger partial charge in [-0.15, -0.1) is 0 Å². The maximum absolute atomic E-state index is 13.3. The van der Waals surface area contributed by atoms with Crippen molar-refractivity contribution in [2.75, 3.05) is 31.7 Å². The molecule has 6 nitrogen and oxygen atoms in total. The molecule has 0 bridgehead atoms. The molecule has 0 fully saturated rings. The molecule has 2 amide bonds. The average molecular weight is 412 g/mol. The first kappa shape index (κ1) is 21.5. The highest BCUT2D eigenvalue weighted by Crippen LogP contribution is 2.31. The maximum Gasteiger partial charge on any atom is 0.278 e. The molecule has 2 aromatic carbocycles. The number of carbonyl (C=O) groups excluding carboxylic acids is 2. The molecule has 0 aliphatic carbocycles. The first-order valence-electron chi connectivity index (χ1n) is 9.99. The highest BCUT2D eigenvalue weighted by atomic mass is 19.1. The first-order chi connectivity index (χ1) is 14.5. The summed E-state index contributed by atoms with van der Waals surface area (Å²) in [6.45, 7) is 5.61. The van der Waals surface area contributed by atoms with Gasteiger partial charge in [0.2, 0.25) is 0 Å². The molecule has 0 saturated carbocycles. The minimum Gasteiger partial charge on any atom is -0.494 e. The van der Waals surface area contributed by atoms with Gasteiger partial charge in [-0.1, -0.05) is 12.1 Å². The Balaban J connectivity index is 1.91. The number of hydrogen-bond donors (Lipinski definition) is 1. The molecule has 0 unspecified atom stereocenters. The lowest BCUT2D eigenvalue weighted by Crippen LogP contribution is -2.34. The molecule has 2 aromatic rings. The van der Waals surface area contributed by atoms with E-state index in [0.717, 1.165) is 0 Å². The van der Waals surface area contributed by atoms with E-state index in [0.29, 0.717) is 43.2 Å². The fourth-order valence-electron chi connectivity index (χ4n) is 3.19. The number of rotatable bonds is 10. The minimum absolute atomic E-state index is 0.173. The second-order valence-corrected chi connectivity index (χ2v) is 6.65. The summed E-state index contributed by atoms with van der Waals surface area (Å²) in [4.78, 5) is 27.4. The first-order valence-corrected chi connectivity index (χ1v) is 9.99. The molecule has 1 aliphatic rings. The van der Waals surface area contributed by atoms with Crippen LogP contribution in [0.2, 0.25) is 0 Å². The van der Waals surface area contributed by atoms with Crippen LogP contribution in [0.5, 0.6) is 5.75 Å². The van der Waals surface area contributed by atoms with Crippen LogP contribution in [0.15, 0.2) is 54.2 Å². The molecule has 0 radical (unpaired) electrons. The second kappa shape index (κ2) is 10.0. The SMILES string of the molecule is CCOCCCN1C(=O)C(Nc2ccc(F)cc2)=C(c2ccc(OCC)cc2)C1=O. The fraction of sp³-hybridized carbons (Fsp3) is 0.304. The van der Waals surface area contributed by atoms with Gasteiger partial charge >= 0.3 is 0 Å². The van der Waals surface area contributed by atoms with Gasteiger partial charge in [-0.25, -0.2) is 4.39 Å². The number of carbonyl (C=O) groups is 2. The van der Waals surface area contributed by atoms with Crippen molar-refractivity contribution in [3.63, 3.8) is 0 Å². The van der Waals surface area contributed by atoms with E-state index >= 15 is 0 Å². The number of nitrogens with zero attached hydrogens (tertiary/aromatic N) is 1. The van der Waals surface area contributed by atoms with E-state index < -0.39 is 5.91 Å². The monoisotopic (exact) mass is 412 g/mol. The predicted octanol–water partition coefficient (Wildman–Crippen LogP) is 3.84. The predicted molar refractivity (Wildman–Crippen MR) is 112 cm³/mol. The Hall–Kier alpha value is -3.19. The van der Waals surface area contributed by atoms with E-state index in [1.165, 1.54) is 29.2 Å². The van der Waals surface area contributed by atoms with Crippen LogP contribution in [-0.2, 0) is 14.3 Å². The molecule has 1 heterocycles. The lowest BCUT2D eigenvalue weighted by Gasteiger charge is -2.15. The number of anilines is 1. The third kappa shape index (κ3) is 4.86. The Morgan fingerprint density at radius 3 is 2.27 bits per heavy atom. The van der Waals surface area contributed by atoms with Crippen molar-refractivity contribution in [3.8, 4) is 5.75 Å². The number of ether oxygens (including phenoxy) is 2. The molecule has 30 heavy (non-hydrogen) atoms. The summed E-state index contributed by atoms with van der Waals surface area (Å²) in [5, 5.41) is 3.01. The second-order valence-electron chi connectivity index (χ2n) is 6.65. The number of imide groups is 1. The normalized spacial score (nSPS) is 13.9. The van der Waals surface area contributed by atoms with Crippen LogP contribution in [0.25, 0.3) is 5.57 Å². The molecule has 3 rings (SSSR count). The van der Waals surface area contributed by atoms with Crippen LogP contribution in [0.1, 0.15) is 25.8 Å². The van der Waals surface area contributed by atoms with E-state index in [1.54, 1.807) is 24.3 Å². The van der Waals surface area contributed by atoms with Gasteiger partial charge in [0.25, 0.3) is 11.8 Å². The molecule has 1 aliphatic heterocycles. The van der Waals surface area contributed by atoms with E-state index in [9.17, 15) is 14.0 Å². The third-order valence-electron chi connectivity index (χ3n) is 4.61. The number of nitrogens with one attached hydrogen (secondary N) is 1. The van der Waals surface area contributed by atoms with Gasteiger partial charge in [-0.2, -0.15) is 0 Å². The van der Waals surface area contributed by atoms with Crippen molar-refractivity contribution < 1.29 is 23.5 Å². The van der Waals surface area contributed by atoms with Crippen molar-refractivity contribution in [1.82, 2.24) is 4.90 Å². The summed E-state index contributed by atoms with van der Waals surface area (Å²) in [5.41, 5.74) is 1.58. The van der Waals surface area contributed by atoms with Crippen molar-refractivity contribution in [2.45, 2.75) is 20.3 Å². The third-order valence-corrected chi connectivity index (χ3v) is 4.61. The number of hydrogen-bond acceptors (Lipinski definition) is 5. The van der Waals surface area contributed by atoms with Crippen LogP contribution in [0.4, 0.5) is 10.1 Å². The van der Waals surface area contributed by atoms with Gasteiger partial charge in [0, 0.05) is 25.4 Å². The maximum atomic E-state index is 13.3. The molecule has 0 atom stereocenters. The van der Waals surface area contributed by atoms with Gasteiger partial charge in [0.1, 0.15) is 17.3 Å². The van der Waals surface area contributed by atoms with Crippen LogP contribution in [0, 0.1) is 5.82 Å². The zero-order valence-electron chi connectivity index (χ0n) is 17.1. The quantitative estimate of drug-likeness (QED) is 0.474. The standard InChI is InChI=1S/C23H25FN2O4/c1-3-29-15-5-14-26-22(27)20(16-6-12-19(13-7-16)30-4-2)21(23(26)28)25-18-10-8-17(24)9-11-18/h6-13,25H,3-5,14-15H2,1-2H3. The summed E-state index contributed by atoms with van der Waals surface area (Å²) < 4.78 is 24.0. The highest BCUT2D eigenvalue weighted by Gasteiger charge is 2.38. The summed E-state index contributed by atoms with van der Waals surface area (Å²) in [6, 6.07) is 12.7. The number of benzene rings is 2. The molecule has 0 spiro atoms. The van der Waals surface area contributed by atoms with Gasteiger partial charge in [-0.3, -0.25) is 14.5 Å². The van der Waals surface area contributed by atoms with Crippen LogP contribution in [0.3, 0.4) is 0 Å². The van der Waals surface area contributed by atoms with Gasteiger partial charge in [0.15, 0.2) is 0 Å². The topological polar surface area (TPSA) is 67.9 Å². The van der Waals surface area contributed by atoms with Crippen molar-refractivity contribution in [3.05, 3.63) is 65.6 Å². The Labute approximate surface area is 175 Å². The molecule has 0 saturated heterocycles. The molecule has 0 aromatic heterocycles. The van der Waals surface area contributed by atoms with Crippen molar-refractivity contribution >= 4 is 23.1 Å². The Morgan fingerprint density at radius 2 is 1.63 bits per heavy atom. The van der Waals surface area contributed by atoms with Crippen LogP contribution in [-0.4, -0.2) is 43.1 Å². The molecular formula is C23H25FN2O4. The Kier molecular flexibility index (Phi) is 7.19. The summed E-state index contributed by atoms with van der Waals surface area (Å²) in [7, 11) is 0. The lowest BCUT2D eigenvalue weighted by atomic mass is 10.0. The molecule has 7 heteroatoms. The van der Waals surface area contributed by atoms with E-state index in [-0.39, 0.29) is 29.5 Å². The van der Waals surface area contributed by atoms with Gasteiger partial charge in [0.05, 0.1) is 12.2 Å². The minimum atomic E-state index is -0.412. The highest BCUT2D eigenvalue weighted by molar-refractivity contribution is 6.36. The molecule has 158 valence electrons. The fourth-order valence-corrected chi connectivity index (χ4v) is 3.19. The number of amides is 2. The van der Waals surface area contributed by atoms with E-state index in [2.05, 4.69) is 5.32 Å². The average Bonchev–Trinajstić information content (AvgIpc) is 2.97. The smallest absolute Gasteiger partial charge is 0.278 e. The largest absolute Gasteiger partial charge is 0.494 e. The van der Waals surface area contributed by atoms with Crippen molar-refractivity contribution in [1.29, 1.82) is 0 Å². The van der Waals surface area contributed by atoms with E-state index in [1.807, 2.05) is 13.8 Å². The van der Waals surface area contributed by atoms with Gasteiger partial charge in [-0.05, 0) is 62.2 Å². The zero-order valence-corrected chi connectivity index (χ0v) is 17.1. The van der Waals surface area contributed by atoms with Crippen LogP contribution < -0.4 is 10.1 Å². The molecular weight excluding hydrogens is 387 g/mol. The lowest BCUT2D eigenvalue weighted by molar-refractivity contribution is -0.137. The molecule has 1 N–H and O–H groups in total. The Bertz CT molecular complexity index is 923. The zero-order chi connectivity index (χ0) is 21.5. The summed E-state index contributed by atoms with van der Waals surface area (Å²) >= 11 is 0. The van der Waals surface area contributed by atoms with Crippen molar-refractivity contribution in [2.24, 2.45) is 0 Å². The van der Waals surface area contributed by atoms with Gasteiger partial charge < -0.3 is 14.8 Å². The Morgan fingerprint density at radius 1 is 0.933 bits per heavy atom. The van der Waals surface area contributed by atoms with Crippen LogP contribution >= 0.6 is 0 Å².